The molecule has 0 spiro atoms. The lowest BCUT2D eigenvalue weighted by Crippen LogP contribution is -2.61. The van der Waals surface area contributed by atoms with E-state index in [1.54, 1.807) is 6.08 Å². The van der Waals surface area contributed by atoms with Crippen molar-refractivity contribution in [1.82, 2.24) is 5.32 Å². The van der Waals surface area contributed by atoms with Crippen LogP contribution in [-0.2, 0) is 23.8 Å². The minimum atomic E-state index is -1.62. The quantitative estimate of drug-likeness (QED) is 0.0195. The highest BCUT2D eigenvalue weighted by molar-refractivity contribution is 5.80. The molecule has 90 heavy (non-hydrogen) atoms. The predicted molar refractivity (Wildman–Crippen MR) is 379 cm³/mol. The van der Waals surface area contributed by atoms with E-state index in [2.05, 4.69) is 99.0 Å². The Morgan fingerprint density at radius 1 is 0.444 bits per heavy atom. The van der Waals surface area contributed by atoms with Crippen molar-refractivity contribution in [3.05, 3.63) is 85.1 Å². The third-order valence-corrected chi connectivity index (χ3v) is 17.6. The molecule has 6 N–H and O–H groups in total. The summed E-state index contributed by atoms with van der Waals surface area (Å²) in [6.07, 6.45) is 77.8. The van der Waals surface area contributed by atoms with Gasteiger partial charge in [0.2, 0.25) is 5.91 Å². The Kier molecular flexibility index (Phi) is 62.1. The van der Waals surface area contributed by atoms with Gasteiger partial charge in [-0.3, -0.25) is 9.59 Å². The second-order valence-electron chi connectivity index (χ2n) is 26.0. The van der Waals surface area contributed by atoms with E-state index in [9.17, 15) is 35.1 Å². The second-order valence-corrected chi connectivity index (χ2v) is 26.0. The van der Waals surface area contributed by atoms with Gasteiger partial charge in [0.05, 0.1) is 25.4 Å². The van der Waals surface area contributed by atoms with Gasteiger partial charge in [0, 0.05) is 6.42 Å². The number of allylic oxidation sites excluding steroid dienone is 13. The number of unbranched alkanes of at least 4 members (excludes halogenated alkanes) is 39. The minimum Gasteiger partial charge on any atom is -0.454 e. The summed E-state index contributed by atoms with van der Waals surface area (Å²) in [5.74, 6) is -1.21. The third kappa shape index (κ3) is 52.2. The van der Waals surface area contributed by atoms with Gasteiger partial charge in [0.25, 0.3) is 0 Å². The molecule has 1 saturated heterocycles. The van der Waals surface area contributed by atoms with Crippen molar-refractivity contribution in [2.24, 2.45) is 0 Å². The highest BCUT2D eigenvalue weighted by Gasteiger charge is 2.47. The van der Waals surface area contributed by atoms with Gasteiger partial charge in [-0.1, -0.05) is 343 Å². The first-order chi connectivity index (χ1) is 44.2. The van der Waals surface area contributed by atoms with Gasteiger partial charge in [0.1, 0.15) is 24.4 Å². The van der Waals surface area contributed by atoms with E-state index in [0.29, 0.717) is 12.8 Å². The topological polar surface area (TPSA) is 175 Å². The van der Waals surface area contributed by atoms with Crippen molar-refractivity contribution in [3.63, 3.8) is 0 Å². The number of hydrogen-bond donors (Lipinski definition) is 6. The van der Waals surface area contributed by atoms with Crippen LogP contribution in [0.2, 0.25) is 0 Å². The molecule has 0 radical (unpaired) electrons. The van der Waals surface area contributed by atoms with Gasteiger partial charge in [-0.15, -0.1) is 0 Å². The second kappa shape index (κ2) is 65.9. The molecule has 8 atom stereocenters. The van der Waals surface area contributed by atoms with Crippen LogP contribution in [0.4, 0.5) is 0 Å². The zero-order valence-electron chi connectivity index (χ0n) is 58.2. The van der Waals surface area contributed by atoms with E-state index in [1.165, 1.54) is 199 Å². The maximum Gasteiger partial charge on any atom is 0.306 e. The molecule has 8 unspecified atom stereocenters. The fourth-order valence-corrected chi connectivity index (χ4v) is 11.7. The van der Waals surface area contributed by atoms with Crippen molar-refractivity contribution < 1.29 is 49.3 Å². The molecule has 1 fully saturated rings. The van der Waals surface area contributed by atoms with E-state index >= 15 is 0 Å². The summed E-state index contributed by atoms with van der Waals surface area (Å²) in [7, 11) is 0. The van der Waals surface area contributed by atoms with Crippen LogP contribution in [0, 0.1) is 0 Å². The SMILES string of the molecule is CC/C=C\C/C=C\C/C=C\C/C=C\C/C=C\C/C=C\CCCCCC(O)C(=O)NC(COC1OC(CO)C(O)C(O)C1OC(=O)CCCCCCCCCCCCCCCCCCCCCCCCCCCCC)C(O)/C=C/CCCCCCCCCCCC. The van der Waals surface area contributed by atoms with Crippen LogP contribution in [0.3, 0.4) is 0 Å². The minimum absolute atomic E-state index is 0.122. The summed E-state index contributed by atoms with van der Waals surface area (Å²) < 4.78 is 17.7. The Morgan fingerprint density at radius 3 is 1.20 bits per heavy atom. The average molecular weight is 1260 g/mol. The zero-order valence-corrected chi connectivity index (χ0v) is 58.2. The first-order valence-corrected chi connectivity index (χ1v) is 37.9. The molecule has 0 aromatic rings. The summed E-state index contributed by atoms with van der Waals surface area (Å²) >= 11 is 0. The summed E-state index contributed by atoms with van der Waals surface area (Å²) in [5.41, 5.74) is 0. The van der Waals surface area contributed by atoms with Crippen molar-refractivity contribution in [2.45, 2.75) is 391 Å². The molecule has 522 valence electrons. The Bertz CT molecular complexity index is 1790. The van der Waals surface area contributed by atoms with Gasteiger partial charge < -0.3 is 45.1 Å². The summed E-state index contributed by atoms with van der Waals surface area (Å²) in [5, 5.41) is 57.3. The lowest BCUT2D eigenvalue weighted by molar-refractivity contribution is -0.305. The fraction of sp³-hybridized carbons (Fsp3) is 0.797. The van der Waals surface area contributed by atoms with Crippen LogP contribution in [0.5, 0.6) is 0 Å². The average Bonchev–Trinajstić information content (AvgIpc) is 1.14. The molecule has 0 bridgehead atoms. The number of ether oxygens (including phenoxy) is 3. The highest BCUT2D eigenvalue weighted by atomic mass is 16.7. The molecule has 0 aliphatic carbocycles. The number of rotatable bonds is 65. The van der Waals surface area contributed by atoms with E-state index < -0.39 is 67.4 Å². The largest absolute Gasteiger partial charge is 0.454 e. The van der Waals surface area contributed by atoms with Gasteiger partial charge in [-0.05, 0) is 77.0 Å². The standard InChI is InChI=1S/C79H141NO10/c1-4-7-10-13-16-19-22-25-27-29-31-33-35-36-37-38-39-41-43-45-47-49-52-55-58-61-64-67-74(84)90-77-76(86)75(85)73(68-81)89-79(77)88-69-70(71(82)65-62-59-56-53-50-24-21-18-15-12-9-6-3)80-78(87)72(83)66-63-60-57-54-51-48-46-44-42-40-34-32-30-28-26-23-20-17-14-11-8-5-2/h8,11,17,20,26,28,32,34,42,44,48,51,62,65,70-73,75-77,79,81-83,85-86H,4-7,9-10,12-16,18-19,21-25,27,29-31,33,35-41,43,45-47,49-50,52-61,63-64,66-69H2,1-3H3,(H,80,87)/b11-8-,20-17-,28-26-,34-32-,44-42-,51-48-,65-62+. The Morgan fingerprint density at radius 2 is 0.800 bits per heavy atom. The Hall–Kier alpha value is -3.16. The molecular weight excluding hydrogens is 1120 g/mol. The third-order valence-electron chi connectivity index (χ3n) is 17.6. The van der Waals surface area contributed by atoms with Crippen LogP contribution in [0.25, 0.3) is 0 Å². The number of esters is 1. The summed E-state index contributed by atoms with van der Waals surface area (Å²) in [4.78, 5) is 26.7. The highest BCUT2D eigenvalue weighted by Crippen LogP contribution is 2.26. The normalized spacial score (nSPS) is 18.5. The van der Waals surface area contributed by atoms with E-state index in [1.807, 2.05) is 6.08 Å². The predicted octanol–water partition coefficient (Wildman–Crippen LogP) is 20.0. The molecule has 1 aliphatic rings. The Balaban J connectivity index is 2.54. The molecule has 11 heteroatoms. The number of carbonyl (C=O) groups excluding carboxylic acids is 2. The number of aliphatic hydroxyl groups excluding tert-OH is 5. The molecular formula is C79H141NO10. The molecule has 1 aliphatic heterocycles. The lowest BCUT2D eigenvalue weighted by atomic mass is 9.99. The summed E-state index contributed by atoms with van der Waals surface area (Å²) in [6, 6.07) is -1.04. The monoisotopic (exact) mass is 1260 g/mol. The molecule has 11 nitrogen and oxygen atoms in total. The first kappa shape index (κ1) is 84.9. The van der Waals surface area contributed by atoms with Crippen LogP contribution in [-0.4, -0.2) is 99.6 Å². The van der Waals surface area contributed by atoms with Gasteiger partial charge in [-0.2, -0.15) is 0 Å². The maximum absolute atomic E-state index is 13.5. The molecule has 0 aromatic carbocycles. The lowest BCUT2D eigenvalue weighted by Gasteiger charge is -2.41. The van der Waals surface area contributed by atoms with Crippen molar-refractivity contribution in [2.75, 3.05) is 13.2 Å². The molecule has 0 saturated carbocycles. The van der Waals surface area contributed by atoms with Crippen molar-refractivity contribution >= 4 is 11.9 Å². The smallest absolute Gasteiger partial charge is 0.306 e. The van der Waals surface area contributed by atoms with Crippen LogP contribution < -0.4 is 5.32 Å². The van der Waals surface area contributed by atoms with Crippen molar-refractivity contribution in [1.29, 1.82) is 0 Å². The van der Waals surface area contributed by atoms with Gasteiger partial charge in [0.15, 0.2) is 12.4 Å². The fourth-order valence-electron chi connectivity index (χ4n) is 11.7. The van der Waals surface area contributed by atoms with E-state index in [4.69, 9.17) is 14.2 Å². The van der Waals surface area contributed by atoms with Crippen LogP contribution in [0.1, 0.15) is 342 Å². The van der Waals surface area contributed by atoms with Gasteiger partial charge in [-0.25, -0.2) is 0 Å². The van der Waals surface area contributed by atoms with Crippen molar-refractivity contribution in [3.8, 4) is 0 Å². The molecule has 1 heterocycles. The number of amides is 1. The first-order valence-electron chi connectivity index (χ1n) is 37.9. The number of aliphatic hydroxyl groups is 5. The number of nitrogens with one attached hydrogen (secondary N) is 1. The Labute approximate surface area is 553 Å². The zero-order chi connectivity index (χ0) is 65.3. The van der Waals surface area contributed by atoms with Crippen LogP contribution in [0.15, 0.2) is 85.1 Å². The van der Waals surface area contributed by atoms with E-state index in [-0.39, 0.29) is 19.4 Å². The molecule has 0 aromatic heterocycles. The molecule has 1 rings (SSSR count). The maximum atomic E-state index is 13.5. The molecule has 1 amide bonds. The number of hydrogen-bond acceptors (Lipinski definition) is 10. The van der Waals surface area contributed by atoms with Gasteiger partial charge >= 0.3 is 5.97 Å². The van der Waals surface area contributed by atoms with Crippen LogP contribution >= 0.6 is 0 Å². The number of carbonyl (C=O) groups is 2. The summed E-state index contributed by atoms with van der Waals surface area (Å²) in [6.45, 7) is 5.71. The van der Waals surface area contributed by atoms with E-state index in [0.717, 1.165) is 96.3 Å².